The Balaban J connectivity index is 1.71. The highest BCUT2D eigenvalue weighted by atomic mass is 15.0. The molecule has 0 radical (unpaired) electrons. The molecule has 0 amide bonds. The third kappa shape index (κ3) is 2.44. The van der Waals surface area contributed by atoms with Crippen LogP contribution in [-0.4, -0.2) is 24.7 Å². The van der Waals surface area contributed by atoms with Gasteiger partial charge in [-0.3, -0.25) is 0 Å². The van der Waals surface area contributed by atoms with E-state index in [0.29, 0.717) is 5.54 Å². The van der Waals surface area contributed by atoms with Crippen molar-refractivity contribution < 1.29 is 0 Å². The van der Waals surface area contributed by atoms with Crippen molar-refractivity contribution in [3.63, 3.8) is 0 Å². The van der Waals surface area contributed by atoms with Crippen molar-refractivity contribution >= 4 is 0 Å². The highest BCUT2D eigenvalue weighted by Crippen LogP contribution is 2.25. The molecule has 2 aliphatic rings. The third-order valence-corrected chi connectivity index (χ3v) is 3.66. The van der Waals surface area contributed by atoms with Gasteiger partial charge in [-0.1, -0.05) is 0 Å². The summed E-state index contributed by atoms with van der Waals surface area (Å²) >= 11 is 0. The van der Waals surface area contributed by atoms with E-state index < -0.39 is 0 Å². The summed E-state index contributed by atoms with van der Waals surface area (Å²) in [5, 5.41) is 7.20. The van der Waals surface area contributed by atoms with Crippen molar-refractivity contribution in [3.05, 3.63) is 0 Å². The first-order valence-electron chi connectivity index (χ1n) is 5.77. The fourth-order valence-electron chi connectivity index (χ4n) is 2.67. The lowest BCUT2D eigenvalue weighted by atomic mass is 9.91. The molecule has 0 spiro atoms. The van der Waals surface area contributed by atoms with Crippen LogP contribution in [0.2, 0.25) is 0 Å². The van der Waals surface area contributed by atoms with Crippen LogP contribution < -0.4 is 10.6 Å². The van der Waals surface area contributed by atoms with Crippen molar-refractivity contribution in [2.24, 2.45) is 0 Å². The van der Waals surface area contributed by atoms with Crippen LogP contribution in [0.15, 0.2) is 0 Å². The molecule has 76 valence electrons. The monoisotopic (exact) mass is 182 g/mol. The van der Waals surface area contributed by atoms with E-state index in [-0.39, 0.29) is 0 Å². The molecule has 2 N–H and O–H groups in total. The van der Waals surface area contributed by atoms with Gasteiger partial charge in [0, 0.05) is 11.6 Å². The highest BCUT2D eigenvalue weighted by Gasteiger charge is 2.28. The van der Waals surface area contributed by atoms with Crippen molar-refractivity contribution in [3.8, 4) is 0 Å². The van der Waals surface area contributed by atoms with Crippen LogP contribution >= 0.6 is 0 Å². The first-order valence-corrected chi connectivity index (χ1v) is 5.77. The average Bonchev–Trinajstić information content (AvgIpc) is 2.72. The molecule has 2 saturated heterocycles. The van der Waals surface area contributed by atoms with Gasteiger partial charge in [0.05, 0.1) is 0 Å². The molecule has 0 aromatic heterocycles. The zero-order valence-corrected chi connectivity index (χ0v) is 8.73. The Hall–Kier alpha value is -0.0800. The van der Waals surface area contributed by atoms with Crippen molar-refractivity contribution in [2.75, 3.05) is 13.1 Å². The van der Waals surface area contributed by atoms with E-state index in [1.807, 2.05) is 0 Å². The summed E-state index contributed by atoms with van der Waals surface area (Å²) in [6, 6.07) is 0.819. The molecule has 0 bridgehead atoms. The minimum absolute atomic E-state index is 0.463. The fourth-order valence-corrected chi connectivity index (χ4v) is 2.67. The van der Waals surface area contributed by atoms with E-state index in [0.717, 1.165) is 6.04 Å². The molecule has 0 aliphatic carbocycles. The topological polar surface area (TPSA) is 24.1 Å². The van der Waals surface area contributed by atoms with Gasteiger partial charge in [0.25, 0.3) is 0 Å². The SMILES string of the molecule is CC1(CCC2CCCN2)CCCN1. The molecule has 13 heavy (non-hydrogen) atoms. The minimum atomic E-state index is 0.463. The fraction of sp³-hybridized carbons (Fsp3) is 1.00. The highest BCUT2D eigenvalue weighted by molar-refractivity contribution is 4.90. The van der Waals surface area contributed by atoms with E-state index in [1.165, 1.54) is 51.6 Å². The quantitative estimate of drug-likeness (QED) is 0.693. The Morgan fingerprint density at radius 3 is 2.85 bits per heavy atom. The minimum Gasteiger partial charge on any atom is -0.314 e. The molecule has 2 heteroatoms. The predicted molar refractivity (Wildman–Crippen MR) is 55.9 cm³/mol. The van der Waals surface area contributed by atoms with Crippen molar-refractivity contribution in [1.29, 1.82) is 0 Å². The summed E-state index contributed by atoms with van der Waals surface area (Å²) in [7, 11) is 0. The van der Waals surface area contributed by atoms with Gasteiger partial charge in [-0.05, 0) is 58.5 Å². The summed E-state index contributed by atoms with van der Waals surface area (Å²) in [4.78, 5) is 0. The van der Waals surface area contributed by atoms with Gasteiger partial charge in [-0.2, -0.15) is 0 Å². The number of hydrogen-bond acceptors (Lipinski definition) is 2. The molecule has 2 rings (SSSR count). The summed E-state index contributed by atoms with van der Waals surface area (Å²) < 4.78 is 0. The van der Waals surface area contributed by atoms with Gasteiger partial charge in [0.15, 0.2) is 0 Å². The summed E-state index contributed by atoms with van der Waals surface area (Å²) in [6.07, 6.45) is 8.24. The Morgan fingerprint density at radius 2 is 2.23 bits per heavy atom. The summed E-state index contributed by atoms with van der Waals surface area (Å²) in [5.41, 5.74) is 0.463. The molecular weight excluding hydrogens is 160 g/mol. The molecule has 2 atom stereocenters. The predicted octanol–water partition coefficient (Wildman–Crippen LogP) is 1.66. The molecule has 0 saturated carbocycles. The van der Waals surface area contributed by atoms with Gasteiger partial charge in [0.1, 0.15) is 0 Å². The van der Waals surface area contributed by atoms with Gasteiger partial charge < -0.3 is 10.6 Å². The molecule has 2 nitrogen and oxygen atoms in total. The van der Waals surface area contributed by atoms with Gasteiger partial charge in [-0.15, -0.1) is 0 Å². The Labute approximate surface area is 81.5 Å². The summed E-state index contributed by atoms with van der Waals surface area (Å²) in [5.74, 6) is 0. The maximum absolute atomic E-state index is 3.63. The van der Waals surface area contributed by atoms with Crippen LogP contribution in [0.5, 0.6) is 0 Å². The molecule has 2 fully saturated rings. The first kappa shape index (κ1) is 9.47. The molecular formula is C11H22N2. The normalized spacial score (nSPS) is 39.9. The molecule has 0 aromatic carbocycles. The molecule has 0 aromatic rings. The zero-order valence-electron chi connectivity index (χ0n) is 8.73. The maximum Gasteiger partial charge on any atom is 0.0154 e. The second kappa shape index (κ2) is 3.97. The Morgan fingerprint density at radius 1 is 1.31 bits per heavy atom. The molecule has 2 unspecified atom stereocenters. The smallest absolute Gasteiger partial charge is 0.0154 e. The van der Waals surface area contributed by atoms with Crippen LogP contribution in [0.3, 0.4) is 0 Å². The second-order valence-electron chi connectivity index (χ2n) is 4.92. The Kier molecular flexibility index (Phi) is 2.89. The van der Waals surface area contributed by atoms with E-state index >= 15 is 0 Å². The van der Waals surface area contributed by atoms with E-state index in [2.05, 4.69) is 17.6 Å². The first-order chi connectivity index (χ1) is 6.29. The van der Waals surface area contributed by atoms with Crippen LogP contribution in [0.4, 0.5) is 0 Å². The van der Waals surface area contributed by atoms with Gasteiger partial charge in [-0.25, -0.2) is 0 Å². The van der Waals surface area contributed by atoms with E-state index in [4.69, 9.17) is 0 Å². The Bertz CT molecular complexity index is 155. The van der Waals surface area contributed by atoms with Crippen LogP contribution in [-0.2, 0) is 0 Å². The van der Waals surface area contributed by atoms with Crippen LogP contribution in [0, 0.1) is 0 Å². The maximum atomic E-state index is 3.63. The second-order valence-corrected chi connectivity index (χ2v) is 4.92. The number of hydrogen-bond donors (Lipinski definition) is 2. The zero-order chi connectivity index (χ0) is 9.15. The largest absolute Gasteiger partial charge is 0.314 e. The lowest BCUT2D eigenvalue weighted by Crippen LogP contribution is -2.37. The van der Waals surface area contributed by atoms with E-state index in [9.17, 15) is 0 Å². The van der Waals surface area contributed by atoms with Gasteiger partial charge in [0.2, 0.25) is 0 Å². The molecule has 2 heterocycles. The van der Waals surface area contributed by atoms with Gasteiger partial charge >= 0.3 is 0 Å². The average molecular weight is 182 g/mol. The van der Waals surface area contributed by atoms with Crippen molar-refractivity contribution in [1.82, 2.24) is 10.6 Å². The third-order valence-electron chi connectivity index (χ3n) is 3.66. The standard InChI is InChI=1S/C11H22N2/c1-11(6-3-9-13-11)7-5-10-4-2-8-12-10/h10,12-13H,2-9H2,1H3. The lowest BCUT2D eigenvalue weighted by molar-refractivity contribution is 0.350. The molecule has 2 aliphatic heterocycles. The van der Waals surface area contributed by atoms with E-state index in [1.54, 1.807) is 0 Å². The van der Waals surface area contributed by atoms with Crippen LogP contribution in [0.25, 0.3) is 0 Å². The number of nitrogens with one attached hydrogen (secondary N) is 2. The van der Waals surface area contributed by atoms with Crippen LogP contribution in [0.1, 0.15) is 45.4 Å². The lowest BCUT2D eigenvalue weighted by Gasteiger charge is -2.25. The van der Waals surface area contributed by atoms with Crippen molar-refractivity contribution in [2.45, 2.75) is 57.0 Å². The number of rotatable bonds is 3. The summed E-state index contributed by atoms with van der Waals surface area (Å²) in [6.45, 7) is 4.86.